The van der Waals surface area contributed by atoms with Gasteiger partial charge >= 0.3 is 5.69 Å². The quantitative estimate of drug-likeness (QED) is 0.862. The van der Waals surface area contributed by atoms with Crippen molar-refractivity contribution in [3.05, 3.63) is 32.3 Å². The highest BCUT2D eigenvalue weighted by atomic mass is 32.1. The van der Waals surface area contributed by atoms with Crippen molar-refractivity contribution < 1.29 is 9.53 Å². The number of hydrogen-bond donors (Lipinski definition) is 1. The number of ether oxygens (including phenoxy) is 1. The highest BCUT2D eigenvalue weighted by Gasteiger charge is 2.18. The highest BCUT2D eigenvalue weighted by Crippen LogP contribution is 2.15. The summed E-state index contributed by atoms with van der Waals surface area (Å²) in [5.74, 6) is -0.260. The molecule has 1 saturated heterocycles. The number of fused-ring (bicyclic) bond motifs is 1. The van der Waals surface area contributed by atoms with Crippen LogP contribution in [-0.4, -0.2) is 34.3 Å². The van der Waals surface area contributed by atoms with Crippen molar-refractivity contribution in [2.24, 2.45) is 7.05 Å². The topological polar surface area (TPSA) is 82.3 Å². The number of rotatable bonds is 4. The predicted octanol–water partition coefficient (Wildman–Crippen LogP) is 0.0569. The molecule has 3 rings (SSSR count). The molecule has 3 heterocycles. The van der Waals surface area contributed by atoms with Crippen molar-refractivity contribution in [3.63, 3.8) is 0 Å². The molecular formula is C14H17N3O4S. The van der Waals surface area contributed by atoms with E-state index in [1.807, 2.05) is 0 Å². The maximum Gasteiger partial charge on any atom is 0.331 e. The third-order valence-electron chi connectivity index (χ3n) is 3.80. The second kappa shape index (κ2) is 6.05. The molecule has 2 aromatic rings. The standard InChI is InChI=1S/C14H17N3O4S/c1-16-13(19)12-10(4-6-22-12)17(14(16)20)8-11(18)15-7-9-3-2-5-21-9/h4,6,9H,2-3,5,7-8H2,1H3,(H,15,18)/t9-/m0/s1. The lowest BCUT2D eigenvalue weighted by atomic mass is 10.2. The Labute approximate surface area is 130 Å². The first-order valence-electron chi connectivity index (χ1n) is 7.13. The van der Waals surface area contributed by atoms with E-state index in [1.54, 1.807) is 11.4 Å². The van der Waals surface area contributed by atoms with Crippen molar-refractivity contribution in [1.29, 1.82) is 0 Å². The first-order valence-corrected chi connectivity index (χ1v) is 8.01. The number of carbonyl (C=O) groups is 1. The highest BCUT2D eigenvalue weighted by molar-refractivity contribution is 7.17. The Morgan fingerprint density at radius 1 is 1.50 bits per heavy atom. The minimum Gasteiger partial charge on any atom is -0.376 e. The largest absolute Gasteiger partial charge is 0.376 e. The van der Waals surface area contributed by atoms with E-state index in [1.165, 1.54) is 23.0 Å². The number of hydrogen-bond acceptors (Lipinski definition) is 5. The van der Waals surface area contributed by atoms with E-state index < -0.39 is 5.69 Å². The van der Waals surface area contributed by atoms with Crippen molar-refractivity contribution in [3.8, 4) is 0 Å². The van der Waals surface area contributed by atoms with Gasteiger partial charge < -0.3 is 10.1 Å². The molecule has 0 unspecified atom stereocenters. The molecule has 1 N–H and O–H groups in total. The minimum absolute atomic E-state index is 0.0574. The zero-order valence-electron chi connectivity index (χ0n) is 12.2. The first-order chi connectivity index (χ1) is 10.6. The molecular weight excluding hydrogens is 306 g/mol. The van der Waals surface area contributed by atoms with Gasteiger partial charge in [0.1, 0.15) is 11.2 Å². The summed E-state index contributed by atoms with van der Waals surface area (Å²) in [6, 6.07) is 1.69. The molecule has 0 saturated carbocycles. The van der Waals surface area contributed by atoms with Crippen LogP contribution in [0.25, 0.3) is 10.2 Å². The molecule has 0 bridgehead atoms. The monoisotopic (exact) mass is 323 g/mol. The van der Waals surface area contributed by atoms with Gasteiger partial charge in [0.2, 0.25) is 5.91 Å². The molecule has 1 fully saturated rings. The van der Waals surface area contributed by atoms with Gasteiger partial charge in [0.05, 0.1) is 11.6 Å². The van der Waals surface area contributed by atoms with E-state index in [0.717, 1.165) is 24.0 Å². The van der Waals surface area contributed by atoms with Crippen LogP contribution in [-0.2, 0) is 23.1 Å². The smallest absolute Gasteiger partial charge is 0.331 e. The maximum absolute atomic E-state index is 12.2. The van der Waals surface area contributed by atoms with Crippen LogP contribution in [0.4, 0.5) is 0 Å². The lowest BCUT2D eigenvalue weighted by molar-refractivity contribution is -0.122. The van der Waals surface area contributed by atoms with Gasteiger partial charge in [-0.05, 0) is 24.3 Å². The summed E-state index contributed by atoms with van der Waals surface area (Å²) >= 11 is 1.27. The van der Waals surface area contributed by atoms with Crippen LogP contribution >= 0.6 is 11.3 Å². The Morgan fingerprint density at radius 3 is 3.05 bits per heavy atom. The first kappa shape index (κ1) is 15.0. The minimum atomic E-state index is -0.483. The molecule has 7 nitrogen and oxygen atoms in total. The van der Waals surface area contributed by atoms with Gasteiger partial charge in [-0.2, -0.15) is 0 Å². The number of amides is 1. The van der Waals surface area contributed by atoms with Gasteiger partial charge in [0.25, 0.3) is 5.56 Å². The Hall–Kier alpha value is -1.93. The third-order valence-corrected chi connectivity index (χ3v) is 4.70. The average molecular weight is 323 g/mol. The van der Waals surface area contributed by atoms with Crippen molar-refractivity contribution in [2.45, 2.75) is 25.5 Å². The van der Waals surface area contributed by atoms with Crippen molar-refractivity contribution in [2.75, 3.05) is 13.2 Å². The SMILES string of the molecule is Cn1c(=O)c2sccc2n(CC(=O)NC[C@@H]2CCCO2)c1=O. The summed E-state index contributed by atoms with van der Waals surface area (Å²) in [4.78, 5) is 36.3. The summed E-state index contributed by atoms with van der Waals surface area (Å²) in [5.41, 5.74) is -0.306. The van der Waals surface area contributed by atoms with Gasteiger partial charge in [-0.25, -0.2) is 4.79 Å². The molecule has 1 aliphatic heterocycles. The van der Waals surface area contributed by atoms with Crippen LogP contribution in [0.2, 0.25) is 0 Å². The average Bonchev–Trinajstić information content (AvgIpc) is 3.18. The second-order valence-electron chi connectivity index (χ2n) is 5.31. The zero-order valence-corrected chi connectivity index (χ0v) is 13.0. The number of aromatic nitrogens is 2. The van der Waals surface area contributed by atoms with Crippen LogP contribution in [0.15, 0.2) is 21.0 Å². The lowest BCUT2D eigenvalue weighted by Gasteiger charge is -2.12. The van der Waals surface area contributed by atoms with E-state index >= 15 is 0 Å². The van der Waals surface area contributed by atoms with Crippen molar-refractivity contribution in [1.82, 2.24) is 14.5 Å². The Morgan fingerprint density at radius 2 is 2.32 bits per heavy atom. The molecule has 0 aliphatic carbocycles. The maximum atomic E-state index is 12.2. The summed E-state index contributed by atoms with van der Waals surface area (Å²) < 4.78 is 8.29. The predicted molar refractivity (Wildman–Crippen MR) is 83.3 cm³/mol. The molecule has 22 heavy (non-hydrogen) atoms. The number of nitrogens with one attached hydrogen (secondary N) is 1. The molecule has 8 heteroatoms. The molecule has 118 valence electrons. The molecule has 0 spiro atoms. The van der Waals surface area contributed by atoms with Crippen LogP contribution in [0.1, 0.15) is 12.8 Å². The summed E-state index contributed by atoms with van der Waals surface area (Å²) in [7, 11) is 1.42. The molecule has 2 aromatic heterocycles. The lowest BCUT2D eigenvalue weighted by Crippen LogP contribution is -2.41. The summed E-state index contributed by atoms with van der Waals surface area (Å²) in [5, 5.41) is 4.53. The molecule has 1 atom stereocenters. The van der Waals surface area contributed by atoms with Gasteiger partial charge in [-0.1, -0.05) is 0 Å². The molecule has 1 aliphatic rings. The third kappa shape index (κ3) is 2.71. The molecule has 0 aromatic carbocycles. The van der Waals surface area contributed by atoms with Crippen LogP contribution < -0.4 is 16.6 Å². The molecule has 0 radical (unpaired) electrons. The molecule has 1 amide bonds. The number of carbonyl (C=O) groups excluding carboxylic acids is 1. The van der Waals surface area contributed by atoms with Gasteiger partial charge in [0.15, 0.2) is 0 Å². The van der Waals surface area contributed by atoms with Crippen LogP contribution in [0.5, 0.6) is 0 Å². The number of nitrogens with zero attached hydrogens (tertiary/aromatic N) is 2. The van der Waals surface area contributed by atoms with E-state index in [2.05, 4.69) is 5.32 Å². The van der Waals surface area contributed by atoms with Gasteiger partial charge in [0, 0.05) is 20.2 Å². The fourth-order valence-corrected chi connectivity index (χ4v) is 3.45. The Balaban J connectivity index is 1.81. The van der Waals surface area contributed by atoms with E-state index in [-0.39, 0.29) is 24.1 Å². The summed E-state index contributed by atoms with van der Waals surface area (Å²) in [6.45, 7) is 1.08. The van der Waals surface area contributed by atoms with E-state index in [9.17, 15) is 14.4 Å². The van der Waals surface area contributed by atoms with Crippen LogP contribution in [0, 0.1) is 0 Å². The van der Waals surface area contributed by atoms with Gasteiger partial charge in [-0.3, -0.25) is 18.7 Å². The van der Waals surface area contributed by atoms with E-state index in [0.29, 0.717) is 16.8 Å². The summed E-state index contributed by atoms with van der Waals surface area (Å²) in [6.07, 6.45) is 2.01. The second-order valence-corrected chi connectivity index (χ2v) is 6.22. The Bertz CT molecular complexity index is 814. The zero-order chi connectivity index (χ0) is 15.7. The fraction of sp³-hybridized carbons (Fsp3) is 0.500. The fourth-order valence-electron chi connectivity index (χ4n) is 2.58. The number of thiophene rings is 1. The normalized spacial score (nSPS) is 18.0. The van der Waals surface area contributed by atoms with Crippen molar-refractivity contribution >= 4 is 27.5 Å². The Kier molecular flexibility index (Phi) is 4.12. The van der Waals surface area contributed by atoms with Gasteiger partial charge in [-0.15, -0.1) is 11.3 Å². The van der Waals surface area contributed by atoms with Crippen LogP contribution in [0.3, 0.4) is 0 Å². The van der Waals surface area contributed by atoms with E-state index in [4.69, 9.17) is 4.74 Å².